The summed E-state index contributed by atoms with van der Waals surface area (Å²) in [5, 5.41) is 0. The van der Waals surface area contributed by atoms with Crippen molar-refractivity contribution in [1.29, 1.82) is 0 Å². The predicted molar refractivity (Wildman–Crippen MR) is 101 cm³/mol. The molecule has 0 radical (unpaired) electrons. The molecule has 0 bridgehead atoms. The highest BCUT2D eigenvalue weighted by atomic mass is 16.5. The maximum Gasteiger partial charge on any atom is 0.273 e. The number of hydrazine groups is 1. The smallest absolute Gasteiger partial charge is 0.273 e. The summed E-state index contributed by atoms with van der Waals surface area (Å²) in [4.78, 5) is 28.5. The molecule has 7 nitrogen and oxygen atoms in total. The van der Waals surface area contributed by atoms with Crippen molar-refractivity contribution in [2.45, 2.75) is 27.4 Å². The number of fused-ring (bicyclic) bond motifs is 1. The number of ether oxygens (including phenoxy) is 1. The summed E-state index contributed by atoms with van der Waals surface area (Å²) < 4.78 is 7.76. The lowest BCUT2D eigenvalue weighted by Crippen LogP contribution is -2.43. The molecule has 0 aliphatic carbocycles. The first kappa shape index (κ1) is 18.4. The predicted octanol–water partition coefficient (Wildman–Crippen LogP) is 2.64. The van der Waals surface area contributed by atoms with Crippen molar-refractivity contribution in [2.75, 3.05) is 0 Å². The van der Waals surface area contributed by atoms with E-state index >= 15 is 0 Å². The zero-order chi connectivity index (χ0) is 19.4. The van der Waals surface area contributed by atoms with Crippen LogP contribution in [0.3, 0.4) is 0 Å². The summed E-state index contributed by atoms with van der Waals surface area (Å²) >= 11 is 0. The Morgan fingerprint density at radius 3 is 2.67 bits per heavy atom. The van der Waals surface area contributed by atoms with Crippen LogP contribution < -0.4 is 15.6 Å². The van der Waals surface area contributed by atoms with Gasteiger partial charge in [-0.3, -0.25) is 20.4 Å². The minimum absolute atomic E-state index is 0.226. The Kier molecular flexibility index (Phi) is 5.40. The number of benzene rings is 1. The average Bonchev–Trinajstić information content (AvgIpc) is 3.09. The second kappa shape index (κ2) is 7.90. The monoisotopic (exact) mass is 366 g/mol. The van der Waals surface area contributed by atoms with E-state index in [4.69, 9.17) is 4.74 Å². The molecule has 2 N–H and O–H groups in total. The lowest BCUT2D eigenvalue weighted by molar-refractivity contribution is -0.124. The Labute approximate surface area is 157 Å². The Morgan fingerprint density at radius 1 is 1.15 bits per heavy atom. The number of rotatable bonds is 5. The summed E-state index contributed by atoms with van der Waals surface area (Å²) in [5.41, 5.74) is 7.84. The molecule has 0 aliphatic rings. The van der Waals surface area contributed by atoms with Crippen LogP contribution in [0.2, 0.25) is 0 Å². The molecule has 0 aliphatic heterocycles. The van der Waals surface area contributed by atoms with Gasteiger partial charge in [0.1, 0.15) is 18.0 Å². The van der Waals surface area contributed by atoms with Crippen LogP contribution in [0.5, 0.6) is 5.75 Å². The molecular formula is C20H22N4O3. The lowest BCUT2D eigenvalue weighted by atomic mass is 10.2. The highest BCUT2D eigenvalue weighted by Gasteiger charge is 2.14. The Hall–Kier alpha value is -3.35. The van der Waals surface area contributed by atoms with Crippen molar-refractivity contribution in [3.8, 4) is 5.75 Å². The fourth-order valence-corrected chi connectivity index (χ4v) is 2.54. The Balaban J connectivity index is 1.70. The SMILES string of the molecule is Cc1cccn2cc(COc3ccccc3C(=O)NNC(=O)C(C)C)nc12. The molecule has 7 heteroatoms. The van der Waals surface area contributed by atoms with Crippen molar-refractivity contribution < 1.29 is 14.3 Å². The van der Waals surface area contributed by atoms with Gasteiger partial charge in [-0.15, -0.1) is 0 Å². The number of nitrogens with zero attached hydrogens (tertiary/aromatic N) is 2. The van der Waals surface area contributed by atoms with Crippen LogP contribution in [0.1, 0.15) is 35.5 Å². The summed E-state index contributed by atoms with van der Waals surface area (Å²) in [5.74, 6) is -0.509. The maximum atomic E-state index is 12.4. The average molecular weight is 366 g/mol. The van der Waals surface area contributed by atoms with Gasteiger partial charge in [0, 0.05) is 18.3 Å². The number of amides is 2. The standard InChI is InChI=1S/C20H22N4O3/c1-13(2)19(25)22-23-20(26)16-8-4-5-9-17(16)27-12-15-11-24-10-6-7-14(3)18(24)21-15/h4-11,13H,12H2,1-3H3,(H,22,25)(H,23,26). The van der Waals surface area contributed by atoms with Crippen molar-refractivity contribution in [1.82, 2.24) is 20.2 Å². The zero-order valence-electron chi connectivity index (χ0n) is 15.5. The minimum Gasteiger partial charge on any atom is -0.486 e. The maximum absolute atomic E-state index is 12.4. The molecule has 0 unspecified atom stereocenters. The van der Waals surface area contributed by atoms with E-state index in [1.54, 1.807) is 38.1 Å². The summed E-state index contributed by atoms with van der Waals surface area (Å²) in [6, 6.07) is 10.8. The number of para-hydroxylation sites is 1. The molecule has 0 fully saturated rings. The van der Waals surface area contributed by atoms with Crippen molar-refractivity contribution in [3.63, 3.8) is 0 Å². The molecule has 2 heterocycles. The molecule has 1 aromatic carbocycles. The molecule has 0 saturated heterocycles. The fraction of sp³-hybridized carbons (Fsp3) is 0.250. The number of pyridine rings is 1. The molecule has 2 amide bonds. The molecule has 27 heavy (non-hydrogen) atoms. The van der Waals surface area contributed by atoms with Crippen LogP contribution in [-0.2, 0) is 11.4 Å². The third kappa shape index (κ3) is 4.25. The lowest BCUT2D eigenvalue weighted by Gasteiger charge is -2.12. The van der Waals surface area contributed by atoms with Gasteiger partial charge in [-0.05, 0) is 30.7 Å². The second-order valence-electron chi connectivity index (χ2n) is 6.54. The van der Waals surface area contributed by atoms with Gasteiger partial charge in [0.05, 0.1) is 11.3 Å². The highest BCUT2D eigenvalue weighted by Crippen LogP contribution is 2.19. The second-order valence-corrected chi connectivity index (χ2v) is 6.54. The van der Waals surface area contributed by atoms with E-state index in [1.165, 1.54) is 0 Å². The highest BCUT2D eigenvalue weighted by molar-refractivity contribution is 5.97. The van der Waals surface area contributed by atoms with Crippen LogP contribution in [0.15, 0.2) is 48.8 Å². The van der Waals surface area contributed by atoms with Crippen LogP contribution >= 0.6 is 0 Å². The van der Waals surface area contributed by atoms with Crippen LogP contribution in [0, 0.1) is 12.8 Å². The van der Waals surface area contributed by atoms with Crippen molar-refractivity contribution >= 4 is 17.5 Å². The van der Waals surface area contributed by atoms with Crippen molar-refractivity contribution in [2.24, 2.45) is 5.92 Å². The third-order valence-electron chi connectivity index (χ3n) is 4.06. The van der Waals surface area contributed by atoms with E-state index in [0.717, 1.165) is 16.9 Å². The number of imidazole rings is 1. The van der Waals surface area contributed by atoms with E-state index in [1.807, 2.05) is 35.9 Å². The topological polar surface area (TPSA) is 84.7 Å². The van der Waals surface area contributed by atoms with Gasteiger partial charge in [0.15, 0.2) is 0 Å². The fourth-order valence-electron chi connectivity index (χ4n) is 2.54. The molecular weight excluding hydrogens is 344 g/mol. The van der Waals surface area contributed by atoms with E-state index in [2.05, 4.69) is 15.8 Å². The Morgan fingerprint density at radius 2 is 1.93 bits per heavy atom. The number of aryl methyl sites for hydroxylation is 1. The normalized spacial score (nSPS) is 10.8. The van der Waals surface area contributed by atoms with E-state index in [9.17, 15) is 9.59 Å². The van der Waals surface area contributed by atoms with Gasteiger partial charge in [0.2, 0.25) is 5.91 Å². The number of hydrogen-bond acceptors (Lipinski definition) is 4. The zero-order valence-corrected chi connectivity index (χ0v) is 15.5. The molecule has 2 aromatic heterocycles. The Bertz CT molecular complexity index is 978. The van der Waals surface area contributed by atoms with Gasteiger partial charge < -0.3 is 9.14 Å². The number of hydrogen-bond donors (Lipinski definition) is 2. The molecule has 0 saturated carbocycles. The number of aromatic nitrogens is 2. The van der Waals surface area contributed by atoms with E-state index < -0.39 is 5.91 Å². The molecule has 0 atom stereocenters. The first-order valence-electron chi connectivity index (χ1n) is 8.71. The quantitative estimate of drug-likeness (QED) is 0.680. The molecule has 3 rings (SSSR count). The van der Waals surface area contributed by atoms with Crippen molar-refractivity contribution in [3.05, 3.63) is 65.6 Å². The van der Waals surface area contributed by atoms with Crippen LogP contribution in [-0.4, -0.2) is 21.2 Å². The number of carbonyl (C=O) groups excluding carboxylic acids is 2. The molecule has 0 spiro atoms. The van der Waals surface area contributed by atoms with Gasteiger partial charge in [-0.25, -0.2) is 4.98 Å². The molecule has 140 valence electrons. The van der Waals surface area contributed by atoms with Gasteiger partial charge in [-0.2, -0.15) is 0 Å². The molecule has 3 aromatic rings. The number of nitrogens with one attached hydrogen (secondary N) is 2. The largest absolute Gasteiger partial charge is 0.486 e. The van der Waals surface area contributed by atoms with Gasteiger partial charge in [0.25, 0.3) is 5.91 Å². The number of carbonyl (C=O) groups is 2. The van der Waals surface area contributed by atoms with E-state index in [-0.39, 0.29) is 18.4 Å². The van der Waals surface area contributed by atoms with Gasteiger partial charge >= 0.3 is 0 Å². The first-order chi connectivity index (χ1) is 13.0. The summed E-state index contributed by atoms with van der Waals surface area (Å²) in [6.07, 6.45) is 3.82. The summed E-state index contributed by atoms with van der Waals surface area (Å²) in [7, 11) is 0. The minimum atomic E-state index is -0.439. The van der Waals surface area contributed by atoms with Crippen LogP contribution in [0.25, 0.3) is 5.65 Å². The summed E-state index contributed by atoms with van der Waals surface area (Å²) in [6.45, 7) is 5.71. The van der Waals surface area contributed by atoms with E-state index in [0.29, 0.717) is 11.3 Å². The third-order valence-corrected chi connectivity index (χ3v) is 4.06. The van der Waals surface area contributed by atoms with Gasteiger partial charge in [-0.1, -0.05) is 32.0 Å². The van der Waals surface area contributed by atoms with Crippen LogP contribution in [0.4, 0.5) is 0 Å². The first-order valence-corrected chi connectivity index (χ1v) is 8.71.